The van der Waals surface area contributed by atoms with Gasteiger partial charge in [0.05, 0.1) is 5.75 Å². The molecule has 1 atom stereocenters. The van der Waals surface area contributed by atoms with E-state index in [4.69, 9.17) is 0 Å². The molecular weight excluding hydrogens is 252 g/mol. The third kappa shape index (κ3) is 6.49. The summed E-state index contributed by atoms with van der Waals surface area (Å²) in [6.45, 7) is 3.99. The molecule has 1 unspecified atom stereocenters. The Labute approximate surface area is 90.2 Å². The van der Waals surface area contributed by atoms with Crippen LogP contribution in [0.1, 0.15) is 33.1 Å². The number of alkyl halides is 1. The second-order valence-corrected chi connectivity index (χ2v) is 6.30. The van der Waals surface area contributed by atoms with E-state index in [2.05, 4.69) is 22.9 Å². The van der Waals surface area contributed by atoms with Gasteiger partial charge in [0.2, 0.25) is 0 Å². The van der Waals surface area contributed by atoms with Crippen molar-refractivity contribution < 1.29 is 8.42 Å². The van der Waals surface area contributed by atoms with Crippen molar-refractivity contribution in [2.45, 2.75) is 33.1 Å². The molecule has 4 heteroatoms. The van der Waals surface area contributed by atoms with Crippen LogP contribution in [0, 0.1) is 5.92 Å². The Morgan fingerprint density at radius 3 is 2.23 bits per heavy atom. The lowest BCUT2D eigenvalue weighted by molar-refractivity contribution is 0.551. The fraction of sp³-hybridized carbons (Fsp3) is 1.00. The predicted molar refractivity (Wildman–Crippen MR) is 61.1 cm³/mol. The van der Waals surface area contributed by atoms with Gasteiger partial charge in [0.25, 0.3) is 0 Å². The summed E-state index contributed by atoms with van der Waals surface area (Å²) >= 11 is 3.36. The van der Waals surface area contributed by atoms with E-state index in [1.54, 1.807) is 0 Å². The highest BCUT2D eigenvalue weighted by atomic mass is 79.9. The minimum atomic E-state index is -2.80. The largest absolute Gasteiger partial charge is 0.229 e. The van der Waals surface area contributed by atoms with Crippen LogP contribution < -0.4 is 0 Å². The summed E-state index contributed by atoms with van der Waals surface area (Å²) in [5.74, 6) is 0.974. The molecule has 0 saturated heterocycles. The zero-order chi connectivity index (χ0) is 10.3. The lowest BCUT2D eigenvalue weighted by Gasteiger charge is -2.12. The SMILES string of the molecule is CCCC(CBr)CS(=O)(=O)CCC. The molecule has 0 saturated carbocycles. The van der Waals surface area contributed by atoms with Crippen LogP contribution in [0.5, 0.6) is 0 Å². The van der Waals surface area contributed by atoms with Crippen molar-refractivity contribution in [1.82, 2.24) is 0 Å². The minimum Gasteiger partial charge on any atom is -0.229 e. The van der Waals surface area contributed by atoms with E-state index in [0.717, 1.165) is 24.6 Å². The number of sulfone groups is 1. The lowest BCUT2D eigenvalue weighted by Crippen LogP contribution is -2.19. The highest BCUT2D eigenvalue weighted by Gasteiger charge is 2.16. The van der Waals surface area contributed by atoms with Gasteiger partial charge in [-0.1, -0.05) is 36.2 Å². The average Bonchev–Trinajstić information content (AvgIpc) is 2.03. The zero-order valence-electron chi connectivity index (χ0n) is 8.42. The van der Waals surface area contributed by atoms with Gasteiger partial charge in [-0.05, 0) is 18.8 Å². The number of hydrogen-bond acceptors (Lipinski definition) is 2. The second-order valence-electron chi connectivity index (χ2n) is 3.42. The molecule has 0 rings (SSSR count). The van der Waals surface area contributed by atoms with Crippen molar-refractivity contribution in [3.05, 3.63) is 0 Å². The van der Waals surface area contributed by atoms with E-state index in [9.17, 15) is 8.42 Å². The molecule has 0 spiro atoms. The van der Waals surface area contributed by atoms with E-state index in [0.29, 0.717) is 17.4 Å². The van der Waals surface area contributed by atoms with Crippen LogP contribution in [0.25, 0.3) is 0 Å². The van der Waals surface area contributed by atoms with Crippen LogP contribution in [0.15, 0.2) is 0 Å². The predicted octanol–water partition coefficient (Wildman–Crippen LogP) is 2.62. The van der Waals surface area contributed by atoms with Crippen molar-refractivity contribution in [1.29, 1.82) is 0 Å². The molecule has 0 N–H and O–H groups in total. The van der Waals surface area contributed by atoms with Crippen molar-refractivity contribution in [2.75, 3.05) is 16.8 Å². The van der Waals surface area contributed by atoms with Gasteiger partial charge in [0.15, 0.2) is 9.84 Å². The molecule has 0 aromatic heterocycles. The molecule has 0 amide bonds. The molecule has 0 aliphatic heterocycles. The maximum Gasteiger partial charge on any atom is 0.150 e. The molecule has 0 aromatic carbocycles. The molecule has 0 aliphatic carbocycles. The van der Waals surface area contributed by atoms with E-state index < -0.39 is 9.84 Å². The Hall–Kier alpha value is 0.430. The Balaban J connectivity index is 4.06. The Kier molecular flexibility index (Phi) is 7.05. The molecule has 0 radical (unpaired) electrons. The summed E-state index contributed by atoms with van der Waals surface area (Å²) < 4.78 is 22.9. The molecule has 13 heavy (non-hydrogen) atoms. The van der Waals surface area contributed by atoms with Gasteiger partial charge in [-0.3, -0.25) is 0 Å². The van der Waals surface area contributed by atoms with Gasteiger partial charge in [0, 0.05) is 11.1 Å². The quantitative estimate of drug-likeness (QED) is 0.667. The fourth-order valence-corrected chi connectivity index (χ4v) is 4.01. The van der Waals surface area contributed by atoms with Gasteiger partial charge >= 0.3 is 0 Å². The highest BCUT2D eigenvalue weighted by Crippen LogP contribution is 2.13. The Bertz CT molecular complexity index is 212. The first-order valence-electron chi connectivity index (χ1n) is 4.82. The van der Waals surface area contributed by atoms with Crippen molar-refractivity contribution >= 4 is 25.8 Å². The van der Waals surface area contributed by atoms with Crippen LogP contribution >= 0.6 is 15.9 Å². The molecule has 0 fully saturated rings. The third-order valence-corrected chi connectivity index (χ3v) is 4.85. The summed E-state index contributed by atoms with van der Waals surface area (Å²) in [7, 11) is -2.80. The number of halogens is 1. The van der Waals surface area contributed by atoms with Crippen molar-refractivity contribution in [2.24, 2.45) is 5.92 Å². The lowest BCUT2D eigenvalue weighted by atomic mass is 10.1. The first-order valence-corrected chi connectivity index (χ1v) is 7.76. The first kappa shape index (κ1) is 13.4. The second kappa shape index (κ2) is 6.82. The van der Waals surface area contributed by atoms with E-state index in [1.165, 1.54) is 0 Å². The van der Waals surface area contributed by atoms with E-state index >= 15 is 0 Å². The fourth-order valence-electron chi connectivity index (χ4n) is 1.37. The van der Waals surface area contributed by atoms with Crippen LogP contribution in [-0.4, -0.2) is 25.3 Å². The standard InChI is InChI=1S/C9H19BrO2S/c1-3-5-9(7-10)8-13(11,12)6-4-2/h9H,3-8H2,1-2H3. The number of hydrogen-bond donors (Lipinski definition) is 0. The maximum atomic E-state index is 11.5. The molecule has 0 heterocycles. The van der Waals surface area contributed by atoms with Crippen LogP contribution in [0.3, 0.4) is 0 Å². The smallest absolute Gasteiger partial charge is 0.150 e. The average molecular weight is 271 g/mol. The van der Waals surface area contributed by atoms with Gasteiger partial charge < -0.3 is 0 Å². The summed E-state index contributed by atoms with van der Waals surface area (Å²) in [4.78, 5) is 0. The molecule has 0 aromatic rings. The monoisotopic (exact) mass is 270 g/mol. The minimum absolute atomic E-state index is 0.293. The Morgan fingerprint density at radius 1 is 1.23 bits per heavy atom. The van der Waals surface area contributed by atoms with Crippen LogP contribution in [0.2, 0.25) is 0 Å². The maximum absolute atomic E-state index is 11.5. The third-order valence-electron chi connectivity index (χ3n) is 1.92. The van der Waals surface area contributed by atoms with Crippen molar-refractivity contribution in [3.63, 3.8) is 0 Å². The summed E-state index contributed by atoms with van der Waals surface area (Å²) in [5, 5.41) is 0.795. The number of rotatable bonds is 7. The van der Waals surface area contributed by atoms with Gasteiger partial charge in [-0.2, -0.15) is 0 Å². The molecule has 0 bridgehead atoms. The molecule has 80 valence electrons. The zero-order valence-corrected chi connectivity index (χ0v) is 10.8. The van der Waals surface area contributed by atoms with Gasteiger partial charge in [0.1, 0.15) is 0 Å². The molecule has 0 aliphatic rings. The molecule has 2 nitrogen and oxygen atoms in total. The van der Waals surface area contributed by atoms with E-state index in [-0.39, 0.29) is 0 Å². The summed E-state index contributed by atoms with van der Waals surface area (Å²) in [6.07, 6.45) is 2.77. The van der Waals surface area contributed by atoms with Crippen molar-refractivity contribution in [3.8, 4) is 0 Å². The first-order chi connectivity index (χ1) is 6.05. The Morgan fingerprint density at radius 2 is 1.85 bits per heavy atom. The van der Waals surface area contributed by atoms with Gasteiger partial charge in [-0.25, -0.2) is 8.42 Å². The van der Waals surface area contributed by atoms with E-state index in [1.807, 2.05) is 6.92 Å². The normalized spacial score (nSPS) is 14.4. The topological polar surface area (TPSA) is 34.1 Å². The van der Waals surface area contributed by atoms with Crippen LogP contribution in [0.4, 0.5) is 0 Å². The summed E-state index contributed by atoms with van der Waals surface area (Å²) in [5.41, 5.74) is 0. The highest BCUT2D eigenvalue weighted by molar-refractivity contribution is 9.09. The van der Waals surface area contributed by atoms with Crippen LogP contribution in [-0.2, 0) is 9.84 Å². The van der Waals surface area contributed by atoms with Gasteiger partial charge in [-0.15, -0.1) is 0 Å². The molecular formula is C9H19BrO2S. The summed E-state index contributed by atoms with van der Waals surface area (Å²) in [6, 6.07) is 0.